The molecule has 1 aliphatic rings. The van der Waals surface area contributed by atoms with Crippen LogP contribution >= 0.6 is 23.5 Å². The van der Waals surface area contributed by atoms with Crippen LogP contribution in [0.1, 0.15) is 6.42 Å². The minimum Gasteiger partial charge on any atom is -0.335 e. The lowest BCUT2D eigenvalue weighted by molar-refractivity contribution is -0.126. The Labute approximate surface area is 130 Å². The molecule has 10 heteroatoms. The molecule has 1 saturated heterocycles. The van der Waals surface area contributed by atoms with E-state index in [2.05, 4.69) is 0 Å². The number of amides is 2. The normalized spacial score (nSPS) is 15.0. The van der Waals surface area contributed by atoms with Crippen molar-refractivity contribution in [3.05, 3.63) is 0 Å². The average molecular weight is 328 g/mol. The first-order chi connectivity index (χ1) is 10.0. The summed E-state index contributed by atoms with van der Waals surface area (Å²) in [6, 6.07) is 0. The van der Waals surface area contributed by atoms with E-state index in [-0.39, 0.29) is 10.1 Å². The van der Waals surface area contributed by atoms with Crippen molar-refractivity contribution in [2.75, 3.05) is 26.2 Å². The van der Waals surface area contributed by atoms with Crippen molar-refractivity contribution in [2.45, 2.75) is 6.42 Å². The van der Waals surface area contributed by atoms with Crippen LogP contribution in [0.25, 0.3) is 0 Å². The highest BCUT2D eigenvalue weighted by atomic mass is 32.2. The predicted molar refractivity (Wildman–Crippen MR) is 86.0 cm³/mol. The molecule has 114 valence electrons. The van der Waals surface area contributed by atoms with Gasteiger partial charge in [0.25, 0.3) is 11.8 Å². The van der Waals surface area contributed by atoms with E-state index >= 15 is 0 Å². The van der Waals surface area contributed by atoms with Crippen LogP contribution in [0.3, 0.4) is 0 Å². The maximum atomic E-state index is 12.0. The largest absolute Gasteiger partial charge is 0.335 e. The van der Waals surface area contributed by atoms with Crippen molar-refractivity contribution in [3.8, 4) is 0 Å². The van der Waals surface area contributed by atoms with E-state index in [0.717, 1.165) is 34.6 Å². The van der Waals surface area contributed by atoms with Gasteiger partial charge >= 0.3 is 0 Å². The van der Waals surface area contributed by atoms with Gasteiger partial charge in [0, 0.05) is 26.2 Å². The molecule has 4 N–H and O–H groups in total. The highest BCUT2D eigenvalue weighted by Crippen LogP contribution is 2.10. The molecule has 0 unspecified atom stereocenters. The first kappa shape index (κ1) is 17.4. The molecule has 0 aromatic heterocycles. The minimum atomic E-state index is -0.443. The molecule has 0 spiro atoms. The first-order valence-corrected chi connectivity index (χ1v) is 7.84. The Morgan fingerprint density at radius 1 is 0.810 bits per heavy atom. The SMILES string of the molecule is N=CSC(=N)C(=O)N1CCCN(C(=O)C(=N)SC=N)CC1. The van der Waals surface area contributed by atoms with Gasteiger partial charge in [0.05, 0.1) is 11.1 Å². The molecule has 21 heavy (non-hydrogen) atoms. The third-order valence-corrected chi connectivity index (χ3v) is 3.87. The van der Waals surface area contributed by atoms with Crippen LogP contribution in [0, 0.1) is 21.6 Å². The molecular weight excluding hydrogens is 312 g/mol. The molecule has 0 aromatic carbocycles. The summed E-state index contributed by atoms with van der Waals surface area (Å²) in [5.74, 6) is -0.886. The summed E-state index contributed by atoms with van der Waals surface area (Å²) in [4.78, 5) is 26.9. The fourth-order valence-corrected chi connectivity index (χ4v) is 2.53. The summed E-state index contributed by atoms with van der Waals surface area (Å²) >= 11 is 1.50. The Morgan fingerprint density at radius 3 is 1.52 bits per heavy atom. The number of carbonyl (C=O) groups excluding carboxylic acids is 2. The van der Waals surface area contributed by atoms with Crippen LogP contribution in [0.5, 0.6) is 0 Å². The Balaban J connectivity index is 2.61. The molecule has 0 saturated carbocycles. The van der Waals surface area contributed by atoms with Crippen LogP contribution in [0.15, 0.2) is 0 Å². The zero-order valence-corrected chi connectivity index (χ0v) is 12.9. The van der Waals surface area contributed by atoms with E-state index < -0.39 is 11.8 Å². The van der Waals surface area contributed by atoms with Crippen LogP contribution in [-0.4, -0.2) is 69.0 Å². The average Bonchev–Trinajstić information content (AvgIpc) is 2.72. The molecule has 1 heterocycles. The molecular formula is C11H16N6O2S2. The molecule has 1 rings (SSSR count). The number of hydrogen-bond donors (Lipinski definition) is 4. The van der Waals surface area contributed by atoms with Gasteiger partial charge in [-0.25, -0.2) is 0 Å². The topological polar surface area (TPSA) is 136 Å². The summed E-state index contributed by atoms with van der Waals surface area (Å²) in [7, 11) is 0. The van der Waals surface area contributed by atoms with Gasteiger partial charge < -0.3 is 20.6 Å². The van der Waals surface area contributed by atoms with Crippen molar-refractivity contribution in [3.63, 3.8) is 0 Å². The number of hydrogen-bond acceptors (Lipinski definition) is 8. The van der Waals surface area contributed by atoms with Gasteiger partial charge in [0.2, 0.25) is 0 Å². The molecule has 0 radical (unpaired) electrons. The number of nitrogens with one attached hydrogen (secondary N) is 4. The molecule has 1 fully saturated rings. The third-order valence-electron chi connectivity index (χ3n) is 2.81. The molecule has 0 aliphatic carbocycles. The Hall–Kier alpha value is -1.68. The number of rotatable bonds is 2. The molecule has 0 atom stereocenters. The Kier molecular flexibility index (Phi) is 7.09. The molecule has 0 aromatic rings. The van der Waals surface area contributed by atoms with Crippen molar-refractivity contribution in [1.29, 1.82) is 21.6 Å². The van der Waals surface area contributed by atoms with E-state index in [1.54, 1.807) is 0 Å². The Bertz CT molecular complexity index is 439. The van der Waals surface area contributed by atoms with Crippen molar-refractivity contribution in [1.82, 2.24) is 9.80 Å². The quantitative estimate of drug-likeness (QED) is 0.437. The summed E-state index contributed by atoms with van der Waals surface area (Å²) in [5.41, 5.74) is 1.87. The standard InChI is InChI=1S/C11H16N6O2S2/c12-6-20-8(14)10(18)16-2-1-3-17(5-4-16)11(19)9(15)21-7-13/h6-7,12-15H,1-5H2. The van der Waals surface area contributed by atoms with Crippen LogP contribution < -0.4 is 0 Å². The van der Waals surface area contributed by atoms with Gasteiger partial charge in [-0.2, -0.15) is 0 Å². The second kappa shape index (κ2) is 8.57. The summed E-state index contributed by atoms with van der Waals surface area (Å²) < 4.78 is 0. The lowest BCUT2D eigenvalue weighted by atomic mass is 10.3. The molecule has 8 nitrogen and oxygen atoms in total. The maximum Gasteiger partial charge on any atom is 0.278 e. The van der Waals surface area contributed by atoms with Crippen molar-refractivity contribution >= 4 is 56.5 Å². The van der Waals surface area contributed by atoms with E-state index in [1.165, 1.54) is 9.80 Å². The lowest BCUT2D eigenvalue weighted by Gasteiger charge is -2.21. The summed E-state index contributed by atoms with van der Waals surface area (Å²) in [6.45, 7) is 1.48. The number of thioether (sulfide) groups is 2. The Morgan fingerprint density at radius 2 is 1.19 bits per heavy atom. The van der Waals surface area contributed by atoms with Crippen molar-refractivity contribution in [2.24, 2.45) is 0 Å². The lowest BCUT2D eigenvalue weighted by Crippen LogP contribution is -2.40. The summed E-state index contributed by atoms with van der Waals surface area (Å²) in [6.07, 6.45) is 0.572. The predicted octanol–water partition coefficient (Wildman–Crippen LogP) is 0.682. The maximum absolute atomic E-state index is 12.0. The van der Waals surface area contributed by atoms with Crippen molar-refractivity contribution < 1.29 is 9.59 Å². The van der Waals surface area contributed by atoms with E-state index in [4.69, 9.17) is 21.6 Å². The first-order valence-electron chi connectivity index (χ1n) is 6.08. The minimum absolute atomic E-state index is 0.211. The fraction of sp³-hybridized carbons (Fsp3) is 0.455. The molecule has 1 aliphatic heterocycles. The molecule has 0 bridgehead atoms. The number of carbonyl (C=O) groups is 2. The third kappa shape index (κ3) is 4.97. The van der Waals surface area contributed by atoms with Gasteiger partial charge in [0.1, 0.15) is 0 Å². The van der Waals surface area contributed by atoms with Crippen LogP contribution in [-0.2, 0) is 9.59 Å². The van der Waals surface area contributed by atoms with E-state index in [0.29, 0.717) is 32.6 Å². The van der Waals surface area contributed by atoms with E-state index in [9.17, 15) is 9.59 Å². The zero-order valence-electron chi connectivity index (χ0n) is 11.2. The monoisotopic (exact) mass is 328 g/mol. The summed E-state index contributed by atoms with van der Waals surface area (Å²) in [5, 5.41) is 28.4. The van der Waals surface area contributed by atoms with Gasteiger partial charge in [-0.05, 0) is 6.42 Å². The molecule has 2 amide bonds. The van der Waals surface area contributed by atoms with Gasteiger partial charge in [-0.15, -0.1) is 0 Å². The van der Waals surface area contributed by atoms with E-state index in [1.807, 2.05) is 0 Å². The second-order valence-electron chi connectivity index (χ2n) is 4.07. The van der Waals surface area contributed by atoms with Crippen LogP contribution in [0.2, 0.25) is 0 Å². The highest BCUT2D eigenvalue weighted by Gasteiger charge is 2.25. The van der Waals surface area contributed by atoms with Gasteiger partial charge in [-0.1, -0.05) is 23.5 Å². The van der Waals surface area contributed by atoms with Gasteiger partial charge in [-0.3, -0.25) is 20.4 Å². The smallest absolute Gasteiger partial charge is 0.278 e. The highest BCUT2D eigenvalue weighted by molar-refractivity contribution is 8.26. The zero-order chi connectivity index (χ0) is 15.8. The fourth-order valence-electron chi connectivity index (χ4n) is 1.83. The second-order valence-corrected chi connectivity index (χ2v) is 5.83. The number of nitrogens with zero attached hydrogens (tertiary/aromatic N) is 2. The van der Waals surface area contributed by atoms with Crippen LogP contribution in [0.4, 0.5) is 0 Å². The van der Waals surface area contributed by atoms with Gasteiger partial charge in [0.15, 0.2) is 10.1 Å².